The van der Waals surface area contributed by atoms with E-state index in [0.717, 1.165) is 12.0 Å². The number of nitrogens with one attached hydrogen (secondary N) is 2. The Bertz CT molecular complexity index is 352. The second-order valence-corrected chi connectivity index (χ2v) is 3.96. The monoisotopic (exact) mass is 221 g/mol. The van der Waals surface area contributed by atoms with Crippen molar-refractivity contribution in [2.75, 3.05) is 11.9 Å². The summed E-state index contributed by atoms with van der Waals surface area (Å²) < 4.78 is 0. The number of hydrogen-bond donors (Lipinski definition) is 2. The molecule has 0 radical (unpaired) electrons. The molecule has 0 saturated carbocycles. The van der Waals surface area contributed by atoms with Gasteiger partial charge in [0, 0.05) is 12.2 Å². The third kappa shape index (κ3) is 4.40. The fourth-order valence-corrected chi connectivity index (χ4v) is 1.20. The zero-order valence-corrected chi connectivity index (χ0v) is 10.1. The molecule has 0 aliphatic rings. The van der Waals surface area contributed by atoms with Gasteiger partial charge in [-0.3, -0.25) is 4.79 Å². The number of rotatable bonds is 5. The lowest BCUT2D eigenvalue weighted by molar-refractivity contribution is -0.115. The molecule has 1 amide bonds. The predicted octanol–water partition coefficient (Wildman–Crippen LogP) is 1.72. The molecule has 1 atom stereocenters. The van der Waals surface area contributed by atoms with Gasteiger partial charge >= 0.3 is 0 Å². The van der Waals surface area contributed by atoms with E-state index in [2.05, 4.69) is 29.5 Å². The van der Waals surface area contributed by atoms with Crippen LogP contribution in [0.5, 0.6) is 0 Å². The van der Waals surface area contributed by atoms with E-state index >= 15 is 0 Å². The van der Waals surface area contributed by atoms with Gasteiger partial charge in [0.2, 0.25) is 5.91 Å². The SMILES string of the molecule is CCC(C)NCC(=O)Nc1cc(C)ccn1. The van der Waals surface area contributed by atoms with E-state index in [4.69, 9.17) is 0 Å². The number of pyridine rings is 1. The largest absolute Gasteiger partial charge is 0.310 e. The average molecular weight is 221 g/mol. The molecule has 0 spiro atoms. The average Bonchev–Trinajstić information content (AvgIpc) is 2.26. The number of aryl methyl sites for hydroxylation is 1. The summed E-state index contributed by atoms with van der Waals surface area (Å²) in [6.45, 7) is 6.43. The van der Waals surface area contributed by atoms with E-state index in [1.54, 1.807) is 6.20 Å². The Morgan fingerprint density at radius 3 is 2.94 bits per heavy atom. The Balaban J connectivity index is 2.40. The number of aromatic nitrogens is 1. The first-order valence-electron chi connectivity index (χ1n) is 5.57. The molecule has 16 heavy (non-hydrogen) atoms. The number of anilines is 1. The predicted molar refractivity (Wildman–Crippen MR) is 65.4 cm³/mol. The van der Waals surface area contributed by atoms with E-state index < -0.39 is 0 Å². The first kappa shape index (κ1) is 12.6. The number of nitrogens with zero attached hydrogens (tertiary/aromatic N) is 1. The maximum absolute atomic E-state index is 11.5. The van der Waals surface area contributed by atoms with Crippen molar-refractivity contribution in [2.45, 2.75) is 33.2 Å². The molecule has 0 bridgehead atoms. The summed E-state index contributed by atoms with van der Waals surface area (Å²) in [5.74, 6) is 0.550. The smallest absolute Gasteiger partial charge is 0.239 e. The highest BCUT2D eigenvalue weighted by Crippen LogP contribution is 2.04. The Labute approximate surface area is 96.5 Å². The van der Waals surface area contributed by atoms with Crippen LogP contribution in [-0.2, 0) is 4.79 Å². The van der Waals surface area contributed by atoms with Crippen LogP contribution in [-0.4, -0.2) is 23.5 Å². The molecular weight excluding hydrogens is 202 g/mol. The van der Waals surface area contributed by atoms with Crippen LogP contribution in [0.2, 0.25) is 0 Å². The van der Waals surface area contributed by atoms with Gasteiger partial charge in [-0.2, -0.15) is 0 Å². The van der Waals surface area contributed by atoms with E-state index in [-0.39, 0.29) is 5.91 Å². The van der Waals surface area contributed by atoms with E-state index in [0.29, 0.717) is 18.4 Å². The third-order valence-corrected chi connectivity index (χ3v) is 2.41. The zero-order valence-electron chi connectivity index (χ0n) is 10.1. The van der Waals surface area contributed by atoms with Gasteiger partial charge in [0.25, 0.3) is 0 Å². The highest BCUT2D eigenvalue weighted by molar-refractivity contribution is 5.91. The van der Waals surface area contributed by atoms with Crippen LogP contribution in [0, 0.1) is 6.92 Å². The van der Waals surface area contributed by atoms with Gasteiger partial charge in [-0.1, -0.05) is 6.92 Å². The summed E-state index contributed by atoms with van der Waals surface area (Å²) in [6.07, 6.45) is 2.70. The lowest BCUT2D eigenvalue weighted by Crippen LogP contribution is -2.34. The second-order valence-electron chi connectivity index (χ2n) is 3.96. The summed E-state index contributed by atoms with van der Waals surface area (Å²) >= 11 is 0. The van der Waals surface area contributed by atoms with Crippen molar-refractivity contribution in [1.29, 1.82) is 0 Å². The van der Waals surface area contributed by atoms with Crippen molar-refractivity contribution in [2.24, 2.45) is 0 Å². The van der Waals surface area contributed by atoms with Gasteiger partial charge in [-0.15, -0.1) is 0 Å². The second kappa shape index (κ2) is 6.23. The Morgan fingerprint density at radius 1 is 1.56 bits per heavy atom. The van der Waals surface area contributed by atoms with Crippen LogP contribution < -0.4 is 10.6 Å². The Hall–Kier alpha value is -1.42. The normalized spacial score (nSPS) is 12.2. The van der Waals surface area contributed by atoms with Crippen LogP contribution >= 0.6 is 0 Å². The van der Waals surface area contributed by atoms with Gasteiger partial charge in [0.05, 0.1) is 6.54 Å². The minimum absolute atomic E-state index is 0.0570. The van der Waals surface area contributed by atoms with Crippen molar-refractivity contribution in [1.82, 2.24) is 10.3 Å². The topological polar surface area (TPSA) is 54.0 Å². The van der Waals surface area contributed by atoms with Gasteiger partial charge in [0.1, 0.15) is 5.82 Å². The minimum Gasteiger partial charge on any atom is -0.310 e. The lowest BCUT2D eigenvalue weighted by atomic mass is 10.2. The van der Waals surface area contributed by atoms with E-state index in [1.807, 2.05) is 19.1 Å². The van der Waals surface area contributed by atoms with Gasteiger partial charge < -0.3 is 10.6 Å². The minimum atomic E-state index is -0.0570. The van der Waals surface area contributed by atoms with Crippen molar-refractivity contribution in [3.63, 3.8) is 0 Å². The summed E-state index contributed by atoms with van der Waals surface area (Å²) in [4.78, 5) is 15.6. The first-order valence-corrected chi connectivity index (χ1v) is 5.57. The van der Waals surface area contributed by atoms with Crippen molar-refractivity contribution in [3.05, 3.63) is 23.9 Å². The maximum Gasteiger partial charge on any atom is 0.239 e. The van der Waals surface area contributed by atoms with Crippen LogP contribution in [0.15, 0.2) is 18.3 Å². The number of carbonyl (C=O) groups excluding carboxylic acids is 1. The molecule has 0 saturated heterocycles. The fraction of sp³-hybridized carbons (Fsp3) is 0.500. The summed E-state index contributed by atoms with van der Waals surface area (Å²) in [6, 6.07) is 4.10. The zero-order chi connectivity index (χ0) is 12.0. The number of hydrogen-bond acceptors (Lipinski definition) is 3. The summed E-state index contributed by atoms with van der Waals surface area (Å²) in [7, 11) is 0. The van der Waals surface area contributed by atoms with Gasteiger partial charge in [-0.25, -0.2) is 4.98 Å². The van der Waals surface area contributed by atoms with E-state index in [9.17, 15) is 4.79 Å². The van der Waals surface area contributed by atoms with Crippen LogP contribution in [0.1, 0.15) is 25.8 Å². The number of amides is 1. The van der Waals surface area contributed by atoms with Crippen molar-refractivity contribution < 1.29 is 4.79 Å². The molecule has 0 aliphatic heterocycles. The van der Waals surface area contributed by atoms with E-state index in [1.165, 1.54) is 0 Å². The first-order chi connectivity index (χ1) is 7.61. The molecule has 4 heteroatoms. The Morgan fingerprint density at radius 2 is 2.31 bits per heavy atom. The molecule has 1 rings (SSSR count). The Kier molecular flexibility index (Phi) is 4.92. The summed E-state index contributed by atoms with van der Waals surface area (Å²) in [5, 5.41) is 5.88. The standard InChI is InChI=1S/C12H19N3O/c1-4-10(3)14-8-12(16)15-11-7-9(2)5-6-13-11/h5-7,10,14H,4,8H2,1-3H3,(H,13,15,16). The van der Waals surface area contributed by atoms with Crippen molar-refractivity contribution >= 4 is 11.7 Å². The molecule has 1 aromatic heterocycles. The van der Waals surface area contributed by atoms with Crippen molar-refractivity contribution in [3.8, 4) is 0 Å². The van der Waals surface area contributed by atoms with Gasteiger partial charge in [-0.05, 0) is 38.0 Å². The molecule has 0 aliphatic carbocycles. The highest BCUT2D eigenvalue weighted by Gasteiger charge is 2.04. The quantitative estimate of drug-likeness (QED) is 0.796. The molecule has 2 N–H and O–H groups in total. The molecule has 0 aromatic carbocycles. The summed E-state index contributed by atoms with van der Waals surface area (Å²) in [5.41, 5.74) is 1.08. The third-order valence-electron chi connectivity index (χ3n) is 2.41. The highest BCUT2D eigenvalue weighted by atomic mass is 16.1. The molecule has 4 nitrogen and oxygen atoms in total. The molecule has 1 heterocycles. The van der Waals surface area contributed by atoms with Crippen LogP contribution in [0.3, 0.4) is 0 Å². The van der Waals surface area contributed by atoms with Gasteiger partial charge in [0.15, 0.2) is 0 Å². The molecule has 1 aromatic rings. The van der Waals surface area contributed by atoms with Crippen LogP contribution in [0.4, 0.5) is 5.82 Å². The fourth-order valence-electron chi connectivity index (χ4n) is 1.20. The van der Waals surface area contributed by atoms with Crippen LogP contribution in [0.25, 0.3) is 0 Å². The molecule has 88 valence electrons. The molecule has 0 fully saturated rings. The molecular formula is C12H19N3O. The lowest BCUT2D eigenvalue weighted by Gasteiger charge is -2.10. The number of carbonyl (C=O) groups is 1. The maximum atomic E-state index is 11.5. The molecule has 1 unspecified atom stereocenters.